The van der Waals surface area contributed by atoms with Crippen LogP contribution in [0.1, 0.15) is 74.2 Å². The molecule has 7 nitrogen and oxygen atoms in total. The number of benzene rings is 1. The van der Waals surface area contributed by atoms with Gasteiger partial charge in [0.15, 0.2) is 5.82 Å². The van der Waals surface area contributed by atoms with E-state index in [1.54, 1.807) is 7.11 Å². The van der Waals surface area contributed by atoms with E-state index < -0.39 is 0 Å². The van der Waals surface area contributed by atoms with Crippen molar-refractivity contribution in [1.29, 1.82) is 0 Å². The standard InChI is InChI=1S/C25H34N4O3/c1-28-17-25(16-21(28)23-26-24(32-27-23)19-4-3-5-19)12-14-29(15-13-25)22(30)11-8-18-6-9-20(31-2)10-7-18/h6-7,9-10,19,21H,3-5,8,11-17H2,1-2H3. The van der Waals surface area contributed by atoms with Crippen LogP contribution in [-0.4, -0.2) is 59.6 Å². The van der Waals surface area contributed by atoms with E-state index in [4.69, 9.17) is 14.2 Å². The molecule has 7 heteroatoms. The number of amides is 1. The summed E-state index contributed by atoms with van der Waals surface area (Å²) in [5.74, 6) is 3.27. The first-order valence-electron chi connectivity index (χ1n) is 12.0. The molecule has 3 fully saturated rings. The fourth-order valence-corrected chi connectivity index (χ4v) is 5.56. The van der Waals surface area contributed by atoms with Crippen molar-refractivity contribution in [2.75, 3.05) is 33.8 Å². The number of nitrogens with zero attached hydrogens (tertiary/aromatic N) is 4. The Morgan fingerprint density at radius 1 is 1.22 bits per heavy atom. The van der Waals surface area contributed by atoms with Gasteiger partial charge >= 0.3 is 0 Å². The molecule has 1 amide bonds. The second-order valence-electron chi connectivity index (χ2n) is 9.98. The van der Waals surface area contributed by atoms with E-state index in [0.717, 1.165) is 62.8 Å². The summed E-state index contributed by atoms with van der Waals surface area (Å²) in [7, 11) is 3.84. The molecule has 0 radical (unpaired) electrons. The molecule has 3 heterocycles. The summed E-state index contributed by atoms with van der Waals surface area (Å²) in [6.07, 6.45) is 8.12. The number of methoxy groups -OCH3 is 1. The molecule has 2 aliphatic heterocycles. The Morgan fingerprint density at radius 3 is 2.62 bits per heavy atom. The number of piperidine rings is 1. The lowest BCUT2D eigenvalue weighted by atomic mass is 9.76. The van der Waals surface area contributed by atoms with E-state index in [1.165, 1.54) is 24.8 Å². The van der Waals surface area contributed by atoms with Crippen molar-refractivity contribution in [2.45, 2.75) is 63.3 Å². The summed E-state index contributed by atoms with van der Waals surface area (Å²) in [6, 6.07) is 8.22. The largest absolute Gasteiger partial charge is 0.497 e. The van der Waals surface area contributed by atoms with Gasteiger partial charge in [0.05, 0.1) is 13.2 Å². The lowest BCUT2D eigenvalue weighted by Gasteiger charge is -2.39. The van der Waals surface area contributed by atoms with Crippen molar-refractivity contribution in [1.82, 2.24) is 19.9 Å². The molecule has 5 rings (SSSR count). The van der Waals surface area contributed by atoms with Crippen LogP contribution in [0, 0.1) is 5.41 Å². The van der Waals surface area contributed by atoms with Crippen molar-refractivity contribution in [3.05, 3.63) is 41.5 Å². The molecule has 1 aromatic carbocycles. The van der Waals surface area contributed by atoms with Gasteiger partial charge in [-0.15, -0.1) is 0 Å². The topological polar surface area (TPSA) is 71.7 Å². The fraction of sp³-hybridized carbons (Fsp3) is 0.640. The number of carbonyl (C=O) groups excluding carboxylic acids is 1. The molecule has 0 N–H and O–H groups in total. The third-order valence-corrected chi connectivity index (χ3v) is 7.92. The summed E-state index contributed by atoms with van der Waals surface area (Å²) >= 11 is 0. The van der Waals surface area contributed by atoms with E-state index in [2.05, 4.69) is 22.0 Å². The zero-order valence-electron chi connectivity index (χ0n) is 19.3. The van der Waals surface area contributed by atoms with Gasteiger partial charge in [-0.1, -0.05) is 23.7 Å². The first-order chi connectivity index (χ1) is 15.5. The number of aryl methyl sites for hydroxylation is 1. The van der Waals surface area contributed by atoms with Crippen molar-refractivity contribution in [2.24, 2.45) is 5.41 Å². The number of ether oxygens (including phenoxy) is 1. The third-order valence-electron chi connectivity index (χ3n) is 7.92. The van der Waals surface area contributed by atoms with E-state index in [-0.39, 0.29) is 17.4 Å². The maximum Gasteiger partial charge on any atom is 0.229 e. The van der Waals surface area contributed by atoms with Crippen LogP contribution in [0.15, 0.2) is 28.8 Å². The smallest absolute Gasteiger partial charge is 0.229 e. The molecule has 1 aromatic heterocycles. The number of carbonyl (C=O) groups is 1. The molecule has 32 heavy (non-hydrogen) atoms. The van der Waals surface area contributed by atoms with E-state index in [0.29, 0.717) is 12.3 Å². The molecule has 172 valence electrons. The molecular formula is C25H34N4O3. The number of hydrogen-bond donors (Lipinski definition) is 0. The minimum Gasteiger partial charge on any atom is -0.497 e. The summed E-state index contributed by atoms with van der Waals surface area (Å²) in [5, 5.41) is 4.34. The van der Waals surface area contributed by atoms with Gasteiger partial charge in [0.25, 0.3) is 0 Å². The molecule has 2 aromatic rings. The predicted molar refractivity (Wildman–Crippen MR) is 120 cm³/mol. The summed E-state index contributed by atoms with van der Waals surface area (Å²) in [6.45, 7) is 2.74. The molecule has 1 aliphatic carbocycles. The van der Waals surface area contributed by atoms with Gasteiger partial charge in [0, 0.05) is 32.0 Å². The fourth-order valence-electron chi connectivity index (χ4n) is 5.56. The van der Waals surface area contributed by atoms with Gasteiger partial charge in [-0.3, -0.25) is 9.69 Å². The Kier molecular flexibility index (Phi) is 5.93. The van der Waals surface area contributed by atoms with Crippen LogP contribution >= 0.6 is 0 Å². The highest BCUT2D eigenvalue weighted by Gasteiger charge is 2.46. The van der Waals surface area contributed by atoms with E-state index >= 15 is 0 Å². The molecule has 1 spiro atoms. The average molecular weight is 439 g/mol. The molecule has 1 atom stereocenters. The second-order valence-corrected chi connectivity index (χ2v) is 9.98. The zero-order chi connectivity index (χ0) is 22.1. The predicted octanol–water partition coefficient (Wildman–Crippen LogP) is 3.96. The van der Waals surface area contributed by atoms with Crippen LogP contribution < -0.4 is 4.74 Å². The third kappa shape index (κ3) is 4.27. The Labute approximate surface area is 190 Å². The van der Waals surface area contributed by atoms with Gasteiger partial charge in [0.1, 0.15) is 5.75 Å². The van der Waals surface area contributed by atoms with Crippen molar-refractivity contribution in [3.63, 3.8) is 0 Å². The Hall–Kier alpha value is -2.41. The summed E-state index contributed by atoms with van der Waals surface area (Å²) in [5.41, 5.74) is 1.43. The second kappa shape index (κ2) is 8.85. The molecule has 0 bridgehead atoms. The quantitative estimate of drug-likeness (QED) is 0.680. The number of likely N-dealkylation sites (tertiary alicyclic amines) is 2. The lowest BCUT2D eigenvalue weighted by Crippen LogP contribution is -2.44. The molecular weight excluding hydrogens is 404 g/mol. The maximum absolute atomic E-state index is 12.8. The Morgan fingerprint density at radius 2 is 1.97 bits per heavy atom. The van der Waals surface area contributed by atoms with Crippen molar-refractivity contribution in [3.8, 4) is 5.75 Å². The minimum atomic E-state index is 0.227. The van der Waals surface area contributed by atoms with E-state index in [1.807, 2.05) is 24.3 Å². The van der Waals surface area contributed by atoms with Crippen LogP contribution in [0.2, 0.25) is 0 Å². The summed E-state index contributed by atoms with van der Waals surface area (Å²) in [4.78, 5) is 22.0. The van der Waals surface area contributed by atoms with Gasteiger partial charge in [-0.2, -0.15) is 4.98 Å². The molecule has 2 saturated heterocycles. The molecule has 1 unspecified atom stereocenters. The van der Waals surface area contributed by atoms with Crippen molar-refractivity contribution >= 4 is 5.91 Å². The van der Waals surface area contributed by atoms with Gasteiger partial charge < -0.3 is 14.2 Å². The number of rotatable bonds is 6. The number of aromatic nitrogens is 2. The first kappa shape index (κ1) is 21.4. The van der Waals surface area contributed by atoms with Gasteiger partial charge in [-0.05, 0) is 68.7 Å². The van der Waals surface area contributed by atoms with Gasteiger partial charge in [-0.25, -0.2) is 0 Å². The normalized spacial score (nSPS) is 23.4. The Bertz CT molecular complexity index is 929. The lowest BCUT2D eigenvalue weighted by molar-refractivity contribution is -0.133. The average Bonchev–Trinajstić information content (AvgIpc) is 3.36. The monoisotopic (exact) mass is 438 g/mol. The van der Waals surface area contributed by atoms with Crippen LogP contribution in [0.5, 0.6) is 5.75 Å². The molecule has 3 aliphatic rings. The van der Waals surface area contributed by atoms with Crippen LogP contribution in [0.3, 0.4) is 0 Å². The highest BCUT2D eigenvalue weighted by Crippen LogP contribution is 2.48. The highest BCUT2D eigenvalue weighted by molar-refractivity contribution is 5.76. The zero-order valence-corrected chi connectivity index (χ0v) is 19.3. The number of hydrogen-bond acceptors (Lipinski definition) is 6. The Balaban J connectivity index is 1.13. The van der Waals surface area contributed by atoms with Gasteiger partial charge in [0.2, 0.25) is 11.8 Å². The minimum absolute atomic E-state index is 0.227. The summed E-state index contributed by atoms with van der Waals surface area (Å²) < 4.78 is 10.8. The van der Waals surface area contributed by atoms with Crippen LogP contribution in [0.4, 0.5) is 0 Å². The van der Waals surface area contributed by atoms with E-state index in [9.17, 15) is 4.79 Å². The molecule has 1 saturated carbocycles. The first-order valence-corrected chi connectivity index (χ1v) is 12.0. The maximum atomic E-state index is 12.8. The van der Waals surface area contributed by atoms with Crippen LogP contribution in [-0.2, 0) is 11.2 Å². The van der Waals surface area contributed by atoms with Crippen LogP contribution in [0.25, 0.3) is 0 Å². The van der Waals surface area contributed by atoms with Crippen molar-refractivity contribution < 1.29 is 14.1 Å². The SMILES string of the molecule is COc1ccc(CCC(=O)N2CCC3(CC2)CC(c2noc(C4CCC4)n2)N(C)C3)cc1. The highest BCUT2D eigenvalue weighted by atomic mass is 16.5.